The number of carbonyl (C=O) groups is 1. The van der Waals surface area contributed by atoms with Gasteiger partial charge in [-0.3, -0.25) is 0 Å². The fourth-order valence-electron chi connectivity index (χ4n) is 2.07. The summed E-state index contributed by atoms with van der Waals surface area (Å²) < 4.78 is 40.8. The van der Waals surface area contributed by atoms with Crippen LogP contribution in [-0.4, -0.2) is 59.5 Å². The fraction of sp³-hybridized carbons (Fsp3) is 0.500. The second-order valence-electron chi connectivity index (χ2n) is 4.96. The second kappa shape index (κ2) is 7.78. The Morgan fingerprint density at radius 2 is 2.09 bits per heavy atom. The van der Waals surface area contributed by atoms with Gasteiger partial charge in [0.25, 0.3) is 0 Å². The standard InChI is InChI=1S/C14H17F3N2O3S/c15-14(16,17)9-22-12-3-1-10(2-4-12)18-13(21)19-5-6-23-8-11(19)7-20/h1-4,11,20H,5-9H2,(H,18,21)/t11-/m0/s1. The van der Waals surface area contributed by atoms with Crippen molar-refractivity contribution in [2.75, 3.05) is 36.6 Å². The van der Waals surface area contributed by atoms with Crippen LogP contribution >= 0.6 is 11.8 Å². The summed E-state index contributed by atoms with van der Waals surface area (Å²) in [6.45, 7) is -0.929. The maximum absolute atomic E-state index is 12.2. The van der Waals surface area contributed by atoms with Gasteiger partial charge in [0.2, 0.25) is 0 Å². The molecule has 1 saturated heterocycles. The van der Waals surface area contributed by atoms with Crippen molar-refractivity contribution in [3.8, 4) is 5.75 Å². The van der Waals surface area contributed by atoms with Crippen molar-refractivity contribution < 1.29 is 27.8 Å². The first-order chi connectivity index (χ1) is 10.9. The molecule has 0 unspecified atom stereocenters. The van der Waals surface area contributed by atoms with Gasteiger partial charge in [-0.15, -0.1) is 0 Å². The number of benzene rings is 1. The Balaban J connectivity index is 1.91. The summed E-state index contributed by atoms with van der Waals surface area (Å²) in [5, 5.41) is 12.0. The molecule has 2 amide bonds. The van der Waals surface area contributed by atoms with Crippen LogP contribution in [0.3, 0.4) is 0 Å². The number of hydrogen-bond donors (Lipinski definition) is 2. The minimum absolute atomic E-state index is 0.0722. The molecular formula is C14H17F3N2O3S. The van der Waals surface area contributed by atoms with E-state index in [1.165, 1.54) is 24.3 Å². The van der Waals surface area contributed by atoms with E-state index in [1.807, 2.05) is 0 Å². The summed E-state index contributed by atoms with van der Waals surface area (Å²) in [6, 6.07) is 5.08. The smallest absolute Gasteiger partial charge is 0.422 e. The topological polar surface area (TPSA) is 61.8 Å². The molecule has 1 fully saturated rings. The van der Waals surface area contributed by atoms with Gasteiger partial charge in [0.05, 0.1) is 12.6 Å². The third-order valence-corrected chi connectivity index (χ3v) is 4.30. The zero-order valence-corrected chi connectivity index (χ0v) is 13.0. The Bertz CT molecular complexity index is 525. The number of amides is 2. The zero-order valence-electron chi connectivity index (χ0n) is 12.2. The Hall–Kier alpha value is -1.61. The number of rotatable bonds is 4. The molecule has 2 rings (SSSR count). The lowest BCUT2D eigenvalue weighted by Gasteiger charge is -2.34. The maximum Gasteiger partial charge on any atom is 0.422 e. The van der Waals surface area contributed by atoms with Gasteiger partial charge in [-0.2, -0.15) is 24.9 Å². The minimum Gasteiger partial charge on any atom is -0.484 e. The van der Waals surface area contributed by atoms with E-state index < -0.39 is 12.8 Å². The van der Waals surface area contributed by atoms with Crippen molar-refractivity contribution in [1.29, 1.82) is 0 Å². The normalized spacial score (nSPS) is 18.6. The van der Waals surface area contributed by atoms with Crippen molar-refractivity contribution >= 4 is 23.5 Å². The molecule has 1 aliphatic heterocycles. The van der Waals surface area contributed by atoms with Crippen LogP contribution in [0.15, 0.2) is 24.3 Å². The average molecular weight is 350 g/mol. The number of carbonyl (C=O) groups excluding carboxylic acids is 1. The molecule has 1 aromatic carbocycles. The number of urea groups is 1. The average Bonchev–Trinajstić information content (AvgIpc) is 2.53. The van der Waals surface area contributed by atoms with Gasteiger partial charge in [0.1, 0.15) is 5.75 Å². The lowest BCUT2D eigenvalue weighted by atomic mass is 10.3. The van der Waals surface area contributed by atoms with Gasteiger partial charge in [0, 0.05) is 23.7 Å². The lowest BCUT2D eigenvalue weighted by Crippen LogP contribution is -2.49. The molecule has 0 bridgehead atoms. The molecule has 0 saturated carbocycles. The summed E-state index contributed by atoms with van der Waals surface area (Å²) in [7, 11) is 0. The monoisotopic (exact) mass is 350 g/mol. The second-order valence-corrected chi connectivity index (χ2v) is 6.11. The highest BCUT2D eigenvalue weighted by Crippen LogP contribution is 2.21. The van der Waals surface area contributed by atoms with E-state index in [1.54, 1.807) is 16.7 Å². The van der Waals surface area contributed by atoms with Crippen LogP contribution in [0.2, 0.25) is 0 Å². The fourth-order valence-corrected chi connectivity index (χ4v) is 3.12. The Kier molecular flexibility index (Phi) is 6.00. The van der Waals surface area contributed by atoms with Crippen LogP contribution < -0.4 is 10.1 Å². The van der Waals surface area contributed by atoms with Crippen molar-refractivity contribution in [3.05, 3.63) is 24.3 Å². The van der Waals surface area contributed by atoms with Crippen molar-refractivity contribution in [3.63, 3.8) is 0 Å². The van der Waals surface area contributed by atoms with Crippen molar-refractivity contribution in [2.45, 2.75) is 12.2 Å². The van der Waals surface area contributed by atoms with Gasteiger partial charge >= 0.3 is 12.2 Å². The van der Waals surface area contributed by atoms with Crippen LogP contribution in [0.4, 0.5) is 23.7 Å². The number of thioether (sulfide) groups is 1. The molecule has 9 heteroatoms. The molecule has 1 heterocycles. The van der Waals surface area contributed by atoms with Crippen LogP contribution in [-0.2, 0) is 0 Å². The summed E-state index contributed by atoms with van der Waals surface area (Å²) >= 11 is 1.67. The van der Waals surface area contributed by atoms with E-state index in [9.17, 15) is 23.1 Å². The molecule has 1 aromatic rings. The van der Waals surface area contributed by atoms with E-state index in [-0.39, 0.29) is 24.4 Å². The number of nitrogens with zero attached hydrogens (tertiary/aromatic N) is 1. The van der Waals surface area contributed by atoms with E-state index in [2.05, 4.69) is 10.1 Å². The SMILES string of the molecule is O=C(Nc1ccc(OCC(F)(F)F)cc1)N1CCSC[C@@H]1CO. The molecule has 5 nitrogen and oxygen atoms in total. The van der Waals surface area contributed by atoms with E-state index in [0.717, 1.165) is 5.75 Å². The summed E-state index contributed by atoms with van der Waals surface area (Å²) in [5.41, 5.74) is 0.448. The van der Waals surface area contributed by atoms with Crippen LogP contribution in [0.25, 0.3) is 0 Å². The predicted molar refractivity (Wildman–Crippen MR) is 81.9 cm³/mol. The van der Waals surface area contributed by atoms with Crippen LogP contribution in [0.5, 0.6) is 5.75 Å². The number of alkyl halides is 3. The summed E-state index contributed by atoms with van der Waals surface area (Å²) in [4.78, 5) is 13.8. The Morgan fingerprint density at radius 3 is 2.70 bits per heavy atom. The summed E-state index contributed by atoms with van der Waals surface area (Å²) in [6.07, 6.45) is -4.39. The minimum atomic E-state index is -4.39. The zero-order chi connectivity index (χ0) is 16.9. The van der Waals surface area contributed by atoms with E-state index in [4.69, 9.17) is 0 Å². The predicted octanol–water partition coefficient (Wildman–Crippen LogP) is 2.57. The first-order valence-corrected chi connectivity index (χ1v) is 8.10. The molecule has 0 aromatic heterocycles. The number of hydrogen-bond acceptors (Lipinski definition) is 4. The molecule has 2 N–H and O–H groups in total. The Labute approximate surface area is 135 Å². The highest BCUT2D eigenvalue weighted by atomic mass is 32.2. The highest BCUT2D eigenvalue weighted by Gasteiger charge is 2.28. The van der Waals surface area contributed by atoms with Gasteiger partial charge in [-0.25, -0.2) is 4.79 Å². The molecule has 1 aliphatic rings. The number of halogens is 3. The highest BCUT2D eigenvalue weighted by molar-refractivity contribution is 7.99. The third kappa shape index (κ3) is 5.51. The molecule has 0 spiro atoms. The molecular weight excluding hydrogens is 333 g/mol. The molecule has 0 aliphatic carbocycles. The number of anilines is 1. The first kappa shape index (κ1) is 17.7. The first-order valence-electron chi connectivity index (χ1n) is 6.95. The van der Waals surface area contributed by atoms with Crippen molar-refractivity contribution in [1.82, 2.24) is 4.90 Å². The Morgan fingerprint density at radius 1 is 1.39 bits per heavy atom. The quantitative estimate of drug-likeness (QED) is 0.876. The van der Waals surface area contributed by atoms with E-state index >= 15 is 0 Å². The van der Waals surface area contributed by atoms with Crippen molar-refractivity contribution in [2.24, 2.45) is 0 Å². The molecule has 128 valence electrons. The maximum atomic E-state index is 12.2. The molecule has 23 heavy (non-hydrogen) atoms. The molecule has 1 atom stereocenters. The van der Waals surface area contributed by atoms with Crippen LogP contribution in [0, 0.1) is 0 Å². The number of ether oxygens (including phenoxy) is 1. The number of aliphatic hydroxyl groups excluding tert-OH is 1. The van der Waals surface area contributed by atoms with Gasteiger partial charge in [-0.1, -0.05) is 0 Å². The van der Waals surface area contributed by atoms with E-state index in [0.29, 0.717) is 18.0 Å². The lowest BCUT2D eigenvalue weighted by molar-refractivity contribution is -0.153. The largest absolute Gasteiger partial charge is 0.484 e. The molecule has 0 radical (unpaired) electrons. The van der Waals surface area contributed by atoms with Gasteiger partial charge in [-0.05, 0) is 24.3 Å². The van der Waals surface area contributed by atoms with Gasteiger partial charge in [0.15, 0.2) is 6.61 Å². The number of aliphatic hydroxyl groups is 1. The third-order valence-electron chi connectivity index (χ3n) is 3.21. The number of nitrogens with one attached hydrogen (secondary N) is 1. The van der Waals surface area contributed by atoms with Gasteiger partial charge < -0.3 is 20.1 Å². The summed E-state index contributed by atoms with van der Waals surface area (Å²) in [5.74, 6) is 1.55. The van der Waals surface area contributed by atoms with Crippen LogP contribution in [0.1, 0.15) is 0 Å².